The molecule has 0 spiro atoms. The van der Waals surface area contributed by atoms with Crippen molar-refractivity contribution in [1.29, 1.82) is 0 Å². The second-order valence-electron chi connectivity index (χ2n) is 8.12. The second-order valence-corrected chi connectivity index (χ2v) is 8.12. The SMILES string of the molecule is CCC1CCC(C2CCC(/C=C/C#Cc3ccc(F)c(F)c3)CC2)CC1. The van der Waals surface area contributed by atoms with Crippen LogP contribution in [0.4, 0.5) is 8.78 Å². The van der Waals surface area contributed by atoms with Gasteiger partial charge in [-0.2, -0.15) is 0 Å². The molecule has 26 heavy (non-hydrogen) atoms. The lowest BCUT2D eigenvalue weighted by Crippen LogP contribution is -2.25. The van der Waals surface area contributed by atoms with Gasteiger partial charge < -0.3 is 0 Å². The zero-order valence-electron chi connectivity index (χ0n) is 15.8. The molecule has 2 heteroatoms. The van der Waals surface area contributed by atoms with E-state index >= 15 is 0 Å². The maximum atomic E-state index is 13.2. The Morgan fingerprint density at radius 2 is 1.58 bits per heavy atom. The summed E-state index contributed by atoms with van der Waals surface area (Å²) >= 11 is 0. The van der Waals surface area contributed by atoms with Gasteiger partial charge in [-0.15, -0.1) is 0 Å². The molecule has 2 saturated carbocycles. The lowest BCUT2D eigenvalue weighted by molar-refractivity contribution is 0.154. The minimum atomic E-state index is -0.841. The topological polar surface area (TPSA) is 0 Å². The van der Waals surface area contributed by atoms with Gasteiger partial charge in [0.2, 0.25) is 0 Å². The van der Waals surface area contributed by atoms with Crippen LogP contribution in [0.15, 0.2) is 30.4 Å². The summed E-state index contributed by atoms with van der Waals surface area (Å²) in [6, 6.07) is 3.78. The Morgan fingerprint density at radius 1 is 0.923 bits per heavy atom. The fourth-order valence-corrected chi connectivity index (χ4v) is 4.76. The molecule has 0 atom stereocenters. The predicted molar refractivity (Wildman–Crippen MR) is 104 cm³/mol. The summed E-state index contributed by atoms with van der Waals surface area (Å²) < 4.78 is 26.0. The van der Waals surface area contributed by atoms with Crippen molar-refractivity contribution in [2.45, 2.75) is 64.7 Å². The number of rotatable bonds is 3. The standard InChI is InChI=1S/C24H30F2/c1-2-18-7-12-21(13-8-18)22-14-9-19(10-15-22)5-3-4-6-20-11-16-23(25)24(26)17-20/h3,5,11,16-19,21-22H,2,7-10,12-15H2,1H3/b5-3+. The lowest BCUT2D eigenvalue weighted by atomic mass is 9.69. The molecular weight excluding hydrogens is 326 g/mol. The van der Waals surface area contributed by atoms with Crippen molar-refractivity contribution < 1.29 is 8.78 Å². The first-order valence-electron chi connectivity index (χ1n) is 10.3. The van der Waals surface area contributed by atoms with E-state index in [0.717, 1.165) is 29.9 Å². The van der Waals surface area contributed by atoms with Gasteiger partial charge in [0.1, 0.15) is 0 Å². The molecule has 0 unspecified atom stereocenters. The Hall–Kier alpha value is -1.62. The highest BCUT2D eigenvalue weighted by Gasteiger charge is 2.29. The van der Waals surface area contributed by atoms with Gasteiger partial charge >= 0.3 is 0 Å². The highest BCUT2D eigenvalue weighted by Crippen LogP contribution is 2.42. The van der Waals surface area contributed by atoms with Gasteiger partial charge in [-0.3, -0.25) is 0 Å². The molecule has 1 aromatic rings. The Balaban J connectivity index is 1.43. The molecule has 2 fully saturated rings. The quantitative estimate of drug-likeness (QED) is 0.517. The highest BCUT2D eigenvalue weighted by atomic mass is 19.2. The maximum absolute atomic E-state index is 13.2. The summed E-state index contributed by atoms with van der Waals surface area (Å²) in [7, 11) is 0. The highest BCUT2D eigenvalue weighted by molar-refractivity contribution is 5.37. The van der Waals surface area contributed by atoms with Crippen LogP contribution in [0, 0.1) is 47.1 Å². The van der Waals surface area contributed by atoms with Crippen LogP contribution in [-0.4, -0.2) is 0 Å². The number of halogens is 2. The monoisotopic (exact) mass is 356 g/mol. The number of hydrogen-bond acceptors (Lipinski definition) is 0. The summed E-state index contributed by atoms with van der Waals surface area (Å²) in [5.41, 5.74) is 0.514. The third-order valence-corrected chi connectivity index (χ3v) is 6.54. The van der Waals surface area contributed by atoms with Crippen LogP contribution >= 0.6 is 0 Å². The molecule has 0 heterocycles. The van der Waals surface area contributed by atoms with Crippen molar-refractivity contribution >= 4 is 0 Å². The Labute approximate surface area is 157 Å². The van der Waals surface area contributed by atoms with Crippen LogP contribution in [0.3, 0.4) is 0 Å². The van der Waals surface area contributed by atoms with E-state index in [1.165, 1.54) is 63.9 Å². The van der Waals surface area contributed by atoms with Gasteiger partial charge in [-0.05, 0) is 86.5 Å². The summed E-state index contributed by atoms with van der Waals surface area (Å²) in [4.78, 5) is 0. The normalized spacial score (nSPS) is 29.3. The molecule has 0 aliphatic heterocycles. The van der Waals surface area contributed by atoms with Crippen LogP contribution in [0.1, 0.15) is 70.3 Å². The van der Waals surface area contributed by atoms with E-state index in [4.69, 9.17) is 0 Å². The first kappa shape index (κ1) is 19.2. The Morgan fingerprint density at radius 3 is 2.19 bits per heavy atom. The zero-order chi connectivity index (χ0) is 18.4. The average molecular weight is 357 g/mol. The molecular formula is C24H30F2. The van der Waals surface area contributed by atoms with Gasteiger partial charge in [0.05, 0.1) is 0 Å². The smallest absolute Gasteiger partial charge is 0.160 e. The van der Waals surface area contributed by atoms with Gasteiger partial charge in [0, 0.05) is 5.56 Å². The van der Waals surface area contributed by atoms with E-state index in [9.17, 15) is 8.78 Å². The summed E-state index contributed by atoms with van der Waals surface area (Å²) in [5, 5.41) is 0. The molecule has 1 aromatic carbocycles. The second kappa shape index (κ2) is 9.36. The fourth-order valence-electron chi connectivity index (χ4n) is 4.76. The Kier molecular flexibility index (Phi) is 6.89. The van der Waals surface area contributed by atoms with E-state index in [1.807, 2.05) is 6.08 Å². The van der Waals surface area contributed by atoms with E-state index in [-0.39, 0.29) is 0 Å². The molecule has 0 amide bonds. The maximum Gasteiger partial charge on any atom is 0.160 e. The van der Waals surface area contributed by atoms with Crippen molar-refractivity contribution in [3.05, 3.63) is 47.5 Å². The van der Waals surface area contributed by atoms with Crippen molar-refractivity contribution in [1.82, 2.24) is 0 Å². The molecule has 0 aromatic heterocycles. The molecule has 0 saturated heterocycles. The van der Waals surface area contributed by atoms with Crippen molar-refractivity contribution in [3.8, 4) is 11.8 Å². The molecule has 0 nitrogen and oxygen atoms in total. The molecule has 2 aliphatic rings. The first-order chi connectivity index (χ1) is 12.7. The lowest BCUT2D eigenvalue weighted by Gasteiger charge is -2.37. The van der Waals surface area contributed by atoms with Crippen LogP contribution in [0.5, 0.6) is 0 Å². The molecule has 140 valence electrons. The van der Waals surface area contributed by atoms with Crippen molar-refractivity contribution in [2.75, 3.05) is 0 Å². The molecule has 2 aliphatic carbocycles. The minimum Gasteiger partial charge on any atom is -0.204 e. The number of benzene rings is 1. The zero-order valence-corrected chi connectivity index (χ0v) is 15.8. The van der Waals surface area contributed by atoms with Crippen LogP contribution < -0.4 is 0 Å². The van der Waals surface area contributed by atoms with Crippen LogP contribution in [0.25, 0.3) is 0 Å². The third kappa shape index (κ3) is 5.19. The van der Waals surface area contributed by atoms with E-state index in [2.05, 4.69) is 24.8 Å². The van der Waals surface area contributed by atoms with Crippen molar-refractivity contribution in [3.63, 3.8) is 0 Å². The van der Waals surface area contributed by atoms with Gasteiger partial charge in [-0.1, -0.05) is 44.1 Å². The summed E-state index contributed by atoms with van der Waals surface area (Å²) in [6.07, 6.45) is 16.5. The van der Waals surface area contributed by atoms with Gasteiger partial charge in [0.25, 0.3) is 0 Å². The van der Waals surface area contributed by atoms with Crippen LogP contribution in [-0.2, 0) is 0 Å². The minimum absolute atomic E-state index is 0.514. The van der Waals surface area contributed by atoms with E-state index in [1.54, 1.807) is 0 Å². The largest absolute Gasteiger partial charge is 0.204 e. The van der Waals surface area contributed by atoms with Gasteiger partial charge in [-0.25, -0.2) is 8.78 Å². The fraction of sp³-hybridized carbons (Fsp3) is 0.583. The summed E-state index contributed by atoms with van der Waals surface area (Å²) in [5.74, 6) is 7.68. The molecule has 0 radical (unpaired) electrons. The average Bonchev–Trinajstić information content (AvgIpc) is 2.68. The molecule has 3 rings (SSSR count). The molecule has 0 N–H and O–H groups in total. The van der Waals surface area contributed by atoms with Crippen molar-refractivity contribution in [2.24, 2.45) is 23.7 Å². The Bertz CT molecular complexity index is 663. The van der Waals surface area contributed by atoms with Crippen LogP contribution in [0.2, 0.25) is 0 Å². The third-order valence-electron chi connectivity index (χ3n) is 6.54. The molecule has 0 bridgehead atoms. The summed E-state index contributed by atoms with van der Waals surface area (Å²) in [6.45, 7) is 2.33. The predicted octanol–water partition coefficient (Wildman–Crippen LogP) is 6.90. The number of hydrogen-bond donors (Lipinski definition) is 0. The van der Waals surface area contributed by atoms with E-state index < -0.39 is 11.6 Å². The van der Waals surface area contributed by atoms with Gasteiger partial charge in [0.15, 0.2) is 11.6 Å². The van der Waals surface area contributed by atoms with E-state index in [0.29, 0.717) is 11.5 Å². The first-order valence-corrected chi connectivity index (χ1v) is 10.3. The number of allylic oxidation sites excluding steroid dienone is 2.